The molecule has 2 aromatic heterocycles. The van der Waals surface area contributed by atoms with Crippen LogP contribution in [0.2, 0.25) is 0 Å². The third-order valence-corrected chi connectivity index (χ3v) is 10.5. The largest absolute Gasteiger partial charge is 0.481 e. The number of amides is 4. The Morgan fingerprint density at radius 3 is 2.16 bits per heavy atom. The molecule has 4 amide bonds. The molecular weight excluding hydrogens is 839 g/mol. The van der Waals surface area contributed by atoms with Crippen molar-refractivity contribution >= 4 is 76.7 Å². The van der Waals surface area contributed by atoms with E-state index in [1.165, 1.54) is 13.8 Å². The zero-order valence-electron chi connectivity index (χ0n) is 29.6. The molecular formula is C25H44N9O18P3S. The second-order valence-electron chi connectivity index (χ2n) is 12.2. The number of hydrogen-bond acceptors (Lipinski definition) is 19. The number of ether oxygens (including phenoxy) is 1. The lowest BCUT2D eigenvalue weighted by Crippen LogP contribution is -2.46. The van der Waals surface area contributed by atoms with E-state index in [0.29, 0.717) is 12.3 Å². The number of rotatable bonds is 21. The number of nitrogens with one attached hydrogen (secondary N) is 2. The second-order valence-corrected chi connectivity index (χ2v) is 16.9. The molecule has 27 nitrogen and oxygen atoms in total. The first-order valence-electron chi connectivity index (χ1n) is 15.9. The van der Waals surface area contributed by atoms with Gasteiger partial charge in [-0.25, -0.2) is 28.6 Å². The maximum absolute atomic E-state index is 12.6. The number of aliphatic hydroxyl groups excluding tert-OH is 2. The predicted molar refractivity (Wildman–Crippen MR) is 191 cm³/mol. The first-order chi connectivity index (χ1) is 25.8. The SMILES string of the molecule is CC(C)(COP(=O)(O)OP(=O)(O)OC[C@H]1O[C@@H](n2cnc3c(N)ncnc32)[C@H](O)[C@@H]1OP(=O)(O)O)[C@@H](O)C(=O)NCCC(=O)NCCS.NC(=O)CCC(N)=O. The van der Waals surface area contributed by atoms with Gasteiger partial charge in [0.25, 0.3) is 0 Å². The van der Waals surface area contributed by atoms with Crippen molar-refractivity contribution in [2.75, 3.05) is 37.8 Å². The van der Waals surface area contributed by atoms with Gasteiger partial charge in [-0.3, -0.25) is 37.3 Å². The molecule has 0 bridgehead atoms. The molecule has 3 heterocycles. The predicted octanol–water partition coefficient (Wildman–Crippen LogP) is -2.93. The lowest BCUT2D eigenvalue weighted by Gasteiger charge is -2.30. The summed E-state index contributed by atoms with van der Waals surface area (Å²) in [4.78, 5) is 94.4. The number of aliphatic hydroxyl groups is 2. The maximum atomic E-state index is 12.6. The van der Waals surface area contributed by atoms with Gasteiger partial charge >= 0.3 is 23.5 Å². The van der Waals surface area contributed by atoms with Crippen molar-refractivity contribution in [1.29, 1.82) is 0 Å². The topological polar surface area (TPSA) is 433 Å². The fourth-order valence-corrected chi connectivity index (χ4v) is 7.32. The van der Waals surface area contributed by atoms with E-state index in [9.17, 15) is 62.7 Å². The van der Waals surface area contributed by atoms with Crippen molar-refractivity contribution in [2.45, 2.75) is 63.8 Å². The molecule has 0 aromatic carbocycles. The molecule has 0 aliphatic carbocycles. The Morgan fingerprint density at radius 2 is 1.59 bits per heavy atom. The van der Waals surface area contributed by atoms with E-state index in [2.05, 4.69) is 47.0 Å². The zero-order chi connectivity index (χ0) is 42.6. The maximum Gasteiger partial charge on any atom is 0.481 e. The third-order valence-electron chi connectivity index (χ3n) is 7.13. The monoisotopic (exact) mass is 883 g/mol. The van der Waals surface area contributed by atoms with Crippen molar-refractivity contribution in [3.05, 3.63) is 12.7 Å². The molecule has 1 aliphatic heterocycles. The molecule has 31 heteroatoms. The van der Waals surface area contributed by atoms with E-state index in [-0.39, 0.29) is 48.7 Å². The summed E-state index contributed by atoms with van der Waals surface area (Å²) in [6, 6.07) is 0. The summed E-state index contributed by atoms with van der Waals surface area (Å²) in [6.07, 6.45) is -6.64. The van der Waals surface area contributed by atoms with Crippen LogP contribution in [0, 0.1) is 5.41 Å². The van der Waals surface area contributed by atoms with E-state index in [0.717, 1.165) is 17.2 Å². The molecule has 1 fully saturated rings. The van der Waals surface area contributed by atoms with Crippen LogP contribution in [0.1, 0.15) is 39.3 Å². The molecule has 0 saturated carbocycles. The lowest BCUT2D eigenvalue weighted by atomic mass is 9.87. The van der Waals surface area contributed by atoms with Gasteiger partial charge in [-0.05, 0) is 0 Å². The molecule has 318 valence electrons. The van der Waals surface area contributed by atoms with Crippen LogP contribution < -0.4 is 27.8 Å². The minimum Gasteiger partial charge on any atom is -0.386 e. The Bertz CT molecular complexity index is 1820. The average Bonchev–Trinajstić information content (AvgIpc) is 3.64. The van der Waals surface area contributed by atoms with Crippen molar-refractivity contribution in [3.63, 3.8) is 0 Å². The van der Waals surface area contributed by atoms with Crippen LogP contribution in [0.25, 0.3) is 11.2 Å². The van der Waals surface area contributed by atoms with Gasteiger partial charge in [0, 0.05) is 43.5 Å². The lowest BCUT2D eigenvalue weighted by molar-refractivity contribution is -0.137. The van der Waals surface area contributed by atoms with E-state index in [1.54, 1.807) is 0 Å². The number of imidazole rings is 1. The van der Waals surface area contributed by atoms with Crippen LogP contribution in [-0.2, 0) is 55.5 Å². The summed E-state index contributed by atoms with van der Waals surface area (Å²) in [5.41, 5.74) is 13.7. The number of phosphoric ester groups is 3. The summed E-state index contributed by atoms with van der Waals surface area (Å²) in [6.45, 7) is 0.723. The van der Waals surface area contributed by atoms with Gasteiger partial charge in [-0.2, -0.15) is 16.9 Å². The van der Waals surface area contributed by atoms with E-state index < -0.39 is 90.5 Å². The van der Waals surface area contributed by atoms with Crippen molar-refractivity contribution in [3.8, 4) is 0 Å². The summed E-state index contributed by atoms with van der Waals surface area (Å²) in [5, 5.41) is 26.1. The van der Waals surface area contributed by atoms with Crippen molar-refractivity contribution < 1.29 is 85.3 Å². The van der Waals surface area contributed by atoms with Gasteiger partial charge in [0.15, 0.2) is 17.7 Å². The minimum absolute atomic E-state index is 0.0363. The number of phosphoric acid groups is 3. The summed E-state index contributed by atoms with van der Waals surface area (Å²) in [5.74, 6) is -1.94. The molecule has 0 radical (unpaired) electrons. The van der Waals surface area contributed by atoms with Crippen molar-refractivity contribution in [1.82, 2.24) is 30.2 Å². The molecule has 1 aliphatic rings. The number of thiol groups is 1. The number of carbonyl (C=O) groups excluding carboxylic acids is 4. The Labute approximate surface area is 322 Å². The number of nitrogen functional groups attached to an aromatic ring is 1. The molecule has 7 atom stereocenters. The minimum atomic E-state index is -5.54. The summed E-state index contributed by atoms with van der Waals surface area (Å²) >= 11 is 3.95. The van der Waals surface area contributed by atoms with Gasteiger partial charge in [0.2, 0.25) is 23.6 Å². The van der Waals surface area contributed by atoms with E-state index in [4.69, 9.17) is 31.0 Å². The summed E-state index contributed by atoms with van der Waals surface area (Å²) < 4.78 is 61.7. The van der Waals surface area contributed by atoms with Gasteiger partial charge in [0.1, 0.15) is 36.3 Å². The van der Waals surface area contributed by atoms with Crippen LogP contribution in [-0.4, -0.2) is 129 Å². The molecule has 2 unspecified atom stereocenters. The molecule has 3 rings (SSSR count). The van der Waals surface area contributed by atoms with Gasteiger partial charge in [-0.15, -0.1) is 0 Å². The van der Waals surface area contributed by atoms with Gasteiger partial charge in [0.05, 0.1) is 19.5 Å². The highest BCUT2D eigenvalue weighted by molar-refractivity contribution is 7.80. The number of fused-ring (bicyclic) bond motifs is 1. The normalized spacial score (nSPS) is 21.2. The Morgan fingerprint density at radius 1 is 0.982 bits per heavy atom. The van der Waals surface area contributed by atoms with Crippen LogP contribution in [0.3, 0.4) is 0 Å². The molecule has 14 N–H and O–H groups in total. The standard InChI is InChI=1S/C21H36N7O16P3S.C4H8N2O2/c1-21(2,16(31)19(32)24-4-3-12(29)23-5-6-48)8-41-47(38,39)44-46(36,37)40-7-11-15(43-45(33,34)35)14(30)20(42-11)28-10-27-13-17(22)25-9-26-18(13)28;5-3(7)1-2-4(6)8/h9-11,14-16,20,30-31,48H,3-8H2,1-2H3,(H,23,29)(H,24,32)(H,36,37)(H,38,39)(H2,22,25,26)(H2,33,34,35);1-2H2,(H2,5,7)(H2,6,8)/t11-,14-,15-,16+,20-;/m1./s1. The number of carbonyl (C=O) groups is 4. The number of anilines is 1. The van der Waals surface area contributed by atoms with E-state index >= 15 is 0 Å². The smallest absolute Gasteiger partial charge is 0.386 e. The van der Waals surface area contributed by atoms with Crippen LogP contribution in [0.5, 0.6) is 0 Å². The quantitative estimate of drug-likeness (QED) is 0.0441. The highest BCUT2D eigenvalue weighted by atomic mass is 32.1. The van der Waals surface area contributed by atoms with Crippen LogP contribution in [0.15, 0.2) is 12.7 Å². The molecule has 1 saturated heterocycles. The first kappa shape index (κ1) is 49.0. The first-order valence-corrected chi connectivity index (χ1v) is 21.0. The number of nitrogens with two attached hydrogens (primary N) is 3. The highest BCUT2D eigenvalue weighted by Crippen LogP contribution is 2.61. The Kier molecular flexibility index (Phi) is 18.4. The highest BCUT2D eigenvalue weighted by Gasteiger charge is 2.50. The molecule has 56 heavy (non-hydrogen) atoms. The fraction of sp³-hybridized carbons (Fsp3) is 0.640. The second kappa shape index (κ2) is 21.0. The summed E-state index contributed by atoms with van der Waals surface area (Å²) in [7, 11) is -16.3. The number of nitrogens with zero attached hydrogens (tertiary/aromatic N) is 4. The van der Waals surface area contributed by atoms with Gasteiger partial charge < -0.3 is 62.4 Å². The average molecular weight is 884 g/mol. The fourth-order valence-electron chi connectivity index (χ4n) is 4.38. The third kappa shape index (κ3) is 16.0. The number of hydrogen-bond donors (Lipinski definition) is 12. The number of primary amides is 2. The zero-order valence-corrected chi connectivity index (χ0v) is 33.2. The van der Waals surface area contributed by atoms with Crippen LogP contribution in [0.4, 0.5) is 5.82 Å². The molecule has 2 aromatic rings. The van der Waals surface area contributed by atoms with Gasteiger partial charge in [-0.1, -0.05) is 13.8 Å². The van der Waals surface area contributed by atoms with Crippen molar-refractivity contribution in [2.24, 2.45) is 16.9 Å². The Hall–Kier alpha value is -3.17. The number of aromatic nitrogens is 4. The Balaban J connectivity index is 0.00000122. The molecule has 0 spiro atoms. The van der Waals surface area contributed by atoms with Crippen LogP contribution >= 0.6 is 36.1 Å². The van der Waals surface area contributed by atoms with E-state index in [1.807, 2.05) is 0 Å².